The van der Waals surface area contributed by atoms with Gasteiger partial charge in [-0.05, 0) is 73.7 Å². The summed E-state index contributed by atoms with van der Waals surface area (Å²) in [5, 5.41) is 24.2. The molecule has 37 heavy (non-hydrogen) atoms. The van der Waals surface area contributed by atoms with Gasteiger partial charge in [-0.2, -0.15) is 0 Å². The van der Waals surface area contributed by atoms with E-state index < -0.39 is 23.2 Å². The van der Waals surface area contributed by atoms with Crippen LogP contribution in [0.2, 0.25) is 0 Å². The lowest BCUT2D eigenvalue weighted by Gasteiger charge is -2.63. The summed E-state index contributed by atoms with van der Waals surface area (Å²) in [7, 11) is 0. The summed E-state index contributed by atoms with van der Waals surface area (Å²) in [6.45, 7) is 14.0. The van der Waals surface area contributed by atoms with Gasteiger partial charge in [0, 0.05) is 24.7 Å². The number of rotatable bonds is 7. The van der Waals surface area contributed by atoms with Gasteiger partial charge >= 0.3 is 11.9 Å². The normalized spacial score (nSPS) is 43.8. The van der Waals surface area contributed by atoms with E-state index in [9.17, 15) is 19.8 Å². The molecule has 3 fully saturated rings. The first-order valence-electron chi connectivity index (χ1n) is 14.7. The smallest absolute Gasteiger partial charge is 0.302 e. The molecule has 0 amide bonds. The van der Waals surface area contributed by atoms with E-state index in [1.165, 1.54) is 33.1 Å². The van der Waals surface area contributed by atoms with Crippen molar-refractivity contribution in [1.29, 1.82) is 0 Å². The van der Waals surface area contributed by atoms with Crippen LogP contribution in [0.5, 0.6) is 0 Å². The molecule has 0 aromatic heterocycles. The maximum atomic E-state index is 12.4. The van der Waals surface area contributed by atoms with Crippen molar-refractivity contribution in [3.63, 3.8) is 0 Å². The number of aliphatic hydroxyl groups is 2. The van der Waals surface area contributed by atoms with Gasteiger partial charge in [-0.1, -0.05) is 60.0 Å². The first-order valence-corrected chi connectivity index (χ1v) is 14.7. The topological polar surface area (TPSA) is 93.1 Å². The average molecular weight is 519 g/mol. The second kappa shape index (κ2) is 10.3. The third kappa shape index (κ3) is 4.79. The fourth-order valence-corrected chi connectivity index (χ4v) is 9.18. The van der Waals surface area contributed by atoms with Gasteiger partial charge in [0.25, 0.3) is 0 Å². The van der Waals surface area contributed by atoms with E-state index in [2.05, 4.69) is 27.7 Å². The van der Waals surface area contributed by atoms with Crippen LogP contribution in [-0.2, 0) is 19.1 Å². The maximum absolute atomic E-state index is 12.4. The Morgan fingerprint density at radius 3 is 2.35 bits per heavy atom. The highest BCUT2D eigenvalue weighted by Crippen LogP contribution is 2.67. The molecule has 6 nitrogen and oxygen atoms in total. The number of hydrogen-bond donors (Lipinski definition) is 2. The first-order chi connectivity index (χ1) is 17.2. The second-order valence-corrected chi connectivity index (χ2v) is 13.7. The van der Waals surface area contributed by atoms with Crippen molar-refractivity contribution in [2.24, 2.45) is 40.4 Å². The molecule has 210 valence electrons. The highest BCUT2D eigenvalue weighted by Gasteiger charge is 2.68. The van der Waals surface area contributed by atoms with Crippen LogP contribution >= 0.6 is 0 Å². The number of ether oxygens (including phenoxy) is 2. The van der Waals surface area contributed by atoms with Crippen LogP contribution in [0.15, 0.2) is 11.6 Å². The van der Waals surface area contributed by atoms with Gasteiger partial charge < -0.3 is 19.7 Å². The SMILES string of the molecule is CC(=O)O[C@H]1CC[C@]2(O)C3=C[C@H](O)[C@]4(C)[C@@H]([C@H](C)CCCC(C)C)CC[C@H]4[C@@H]3C[C@@H](OC(C)=O)[C@]2(C)C1. The molecule has 10 atom stereocenters. The fourth-order valence-electron chi connectivity index (χ4n) is 9.18. The van der Waals surface area contributed by atoms with Crippen molar-refractivity contribution < 1.29 is 29.3 Å². The molecular formula is C31H50O6. The molecule has 6 heteroatoms. The maximum Gasteiger partial charge on any atom is 0.302 e. The number of hydrogen-bond acceptors (Lipinski definition) is 6. The number of aliphatic hydroxyl groups excluding tert-OH is 1. The monoisotopic (exact) mass is 518 g/mol. The summed E-state index contributed by atoms with van der Waals surface area (Å²) in [4.78, 5) is 24.0. The lowest BCUT2D eigenvalue weighted by molar-refractivity contribution is -0.215. The Morgan fingerprint density at radius 2 is 1.73 bits per heavy atom. The van der Waals surface area contributed by atoms with E-state index in [0.717, 1.165) is 18.4 Å². The van der Waals surface area contributed by atoms with Crippen LogP contribution in [0.25, 0.3) is 0 Å². The molecule has 0 aromatic carbocycles. The molecule has 0 saturated heterocycles. The Kier molecular flexibility index (Phi) is 7.96. The molecule has 0 spiro atoms. The van der Waals surface area contributed by atoms with Crippen molar-refractivity contribution in [2.45, 2.75) is 130 Å². The summed E-state index contributed by atoms with van der Waals surface area (Å²) in [5.41, 5.74) is -1.33. The third-order valence-electron chi connectivity index (χ3n) is 11.1. The Balaban J connectivity index is 1.68. The first kappa shape index (κ1) is 28.6. The van der Waals surface area contributed by atoms with Gasteiger partial charge in [0.1, 0.15) is 12.2 Å². The Morgan fingerprint density at radius 1 is 1.05 bits per heavy atom. The standard InChI is InChI=1S/C31H50O6/c1-18(2)9-8-10-19(3)24-11-12-25-23-15-28(37-21(5)33)29(6)17-22(36-20(4)32)13-14-31(29,35)26(23)16-27(34)30(24,25)7/h16,18-19,22-25,27-28,34-35H,8-15,17H2,1-7H3/t19-,22+,23+,24-,25+,27+,28-,29+,30-,31+/m1/s1. The van der Waals surface area contributed by atoms with Gasteiger partial charge in [-0.15, -0.1) is 0 Å². The minimum atomic E-state index is -1.21. The van der Waals surface area contributed by atoms with Crippen molar-refractivity contribution >= 4 is 11.9 Å². The lowest BCUT2D eigenvalue weighted by Crippen LogP contribution is -2.66. The molecule has 0 unspecified atom stereocenters. The zero-order chi connectivity index (χ0) is 27.3. The van der Waals surface area contributed by atoms with Crippen LogP contribution in [0, 0.1) is 40.4 Å². The molecular weight excluding hydrogens is 468 g/mol. The van der Waals surface area contributed by atoms with Crippen LogP contribution < -0.4 is 0 Å². The van der Waals surface area contributed by atoms with Gasteiger partial charge in [0.05, 0.1) is 11.7 Å². The zero-order valence-corrected chi connectivity index (χ0v) is 24.1. The third-order valence-corrected chi connectivity index (χ3v) is 11.1. The van der Waals surface area contributed by atoms with E-state index in [4.69, 9.17) is 9.47 Å². The second-order valence-electron chi connectivity index (χ2n) is 13.7. The molecule has 0 heterocycles. The van der Waals surface area contributed by atoms with Crippen LogP contribution in [0.3, 0.4) is 0 Å². The van der Waals surface area contributed by atoms with Crippen molar-refractivity contribution in [3.05, 3.63) is 11.6 Å². The Hall–Kier alpha value is -1.40. The summed E-state index contributed by atoms with van der Waals surface area (Å²) < 4.78 is 11.5. The summed E-state index contributed by atoms with van der Waals surface area (Å²) in [5.74, 6) is 1.27. The molecule has 3 saturated carbocycles. The van der Waals surface area contributed by atoms with Crippen LogP contribution in [0.4, 0.5) is 0 Å². The Labute approximate surface area is 223 Å². The molecule has 2 N–H and O–H groups in total. The van der Waals surface area contributed by atoms with Crippen molar-refractivity contribution in [2.75, 3.05) is 0 Å². The number of carbonyl (C=O) groups excluding carboxylic acids is 2. The quantitative estimate of drug-likeness (QED) is 0.337. The number of esters is 2. The molecule has 0 aliphatic heterocycles. The van der Waals surface area contributed by atoms with Crippen LogP contribution in [-0.4, -0.2) is 46.1 Å². The number of fused-ring (bicyclic) bond motifs is 5. The van der Waals surface area contributed by atoms with E-state index in [0.29, 0.717) is 43.4 Å². The van der Waals surface area contributed by atoms with Crippen molar-refractivity contribution in [3.8, 4) is 0 Å². The highest BCUT2D eigenvalue weighted by atomic mass is 16.6. The summed E-state index contributed by atoms with van der Waals surface area (Å²) in [6.07, 6.45) is 8.34. The molecule has 0 bridgehead atoms. The molecule has 0 aromatic rings. The van der Waals surface area contributed by atoms with Crippen LogP contribution in [0.1, 0.15) is 106 Å². The number of carbonyl (C=O) groups is 2. The van der Waals surface area contributed by atoms with E-state index in [-0.39, 0.29) is 35.3 Å². The fraction of sp³-hybridized carbons (Fsp3) is 0.871. The summed E-state index contributed by atoms with van der Waals surface area (Å²) >= 11 is 0. The van der Waals surface area contributed by atoms with Gasteiger partial charge in [0.15, 0.2) is 0 Å². The van der Waals surface area contributed by atoms with E-state index in [1.54, 1.807) is 0 Å². The highest BCUT2D eigenvalue weighted by molar-refractivity contribution is 5.67. The molecule has 4 aliphatic rings. The molecule has 0 radical (unpaired) electrons. The Bertz CT molecular complexity index is 911. The minimum Gasteiger partial charge on any atom is -0.463 e. The van der Waals surface area contributed by atoms with Gasteiger partial charge in [-0.3, -0.25) is 9.59 Å². The van der Waals surface area contributed by atoms with Gasteiger partial charge in [-0.25, -0.2) is 0 Å². The lowest BCUT2D eigenvalue weighted by atomic mass is 9.46. The molecule has 4 aliphatic carbocycles. The van der Waals surface area contributed by atoms with E-state index in [1.807, 2.05) is 13.0 Å². The largest absolute Gasteiger partial charge is 0.463 e. The molecule has 4 rings (SSSR count). The average Bonchev–Trinajstić information content (AvgIpc) is 3.15. The van der Waals surface area contributed by atoms with Crippen molar-refractivity contribution in [1.82, 2.24) is 0 Å². The van der Waals surface area contributed by atoms with E-state index >= 15 is 0 Å². The predicted molar refractivity (Wildman–Crippen MR) is 142 cm³/mol. The zero-order valence-electron chi connectivity index (χ0n) is 24.1. The van der Waals surface area contributed by atoms with Gasteiger partial charge in [0.2, 0.25) is 0 Å². The minimum absolute atomic E-state index is 0.0639. The summed E-state index contributed by atoms with van der Waals surface area (Å²) in [6, 6.07) is 0. The predicted octanol–water partition coefficient (Wildman–Crippen LogP) is 5.59.